The topological polar surface area (TPSA) is 12.4 Å². The molecule has 0 bridgehead atoms. The van der Waals surface area contributed by atoms with Gasteiger partial charge in [0.2, 0.25) is 0 Å². The number of allylic oxidation sites excluding steroid dienone is 2. The molecule has 0 saturated heterocycles. The Morgan fingerprint density at radius 3 is 1.96 bits per heavy atom. The summed E-state index contributed by atoms with van der Waals surface area (Å²) in [5, 5.41) is 0. The first kappa shape index (κ1) is 25.7. The summed E-state index contributed by atoms with van der Waals surface area (Å²) in [7, 11) is 1.85. The van der Waals surface area contributed by atoms with Gasteiger partial charge in [-0.2, -0.15) is 5.92 Å². The Bertz CT molecular complexity index is 689. The van der Waals surface area contributed by atoms with Gasteiger partial charge in [0.15, 0.2) is 0 Å². The Balaban J connectivity index is 0.000000504. The van der Waals surface area contributed by atoms with Crippen molar-refractivity contribution >= 4 is 5.71 Å². The number of rotatable bonds is 7. The van der Waals surface area contributed by atoms with Crippen LogP contribution in [0.15, 0.2) is 84.4 Å². The average Bonchev–Trinajstić information content (AvgIpc) is 2.67. The number of aliphatic imine (C=N–C) groups is 1. The molecule has 0 aliphatic rings. The van der Waals surface area contributed by atoms with Crippen molar-refractivity contribution in [1.82, 2.24) is 0 Å². The summed E-state index contributed by atoms with van der Waals surface area (Å²) in [6.07, 6.45) is 4.98. The molecule has 141 valence electrons. The normalized spacial score (nSPS) is 12.7. The Hall–Kier alpha value is -1.31. The van der Waals surface area contributed by atoms with Crippen molar-refractivity contribution in [2.24, 2.45) is 16.8 Å². The van der Waals surface area contributed by atoms with Gasteiger partial charge >= 0.3 is 0 Å². The predicted octanol–water partition coefficient (Wildman–Crippen LogP) is 6.56. The molecule has 0 heterocycles. The summed E-state index contributed by atoms with van der Waals surface area (Å²) in [4.78, 5) is 4.36. The zero-order chi connectivity index (χ0) is 19.4. The van der Waals surface area contributed by atoms with Gasteiger partial charge in [-0.3, -0.25) is 11.6 Å². The van der Waals surface area contributed by atoms with E-state index in [1.807, 2.05) is 31.3 Å². The molecule has 0 aliphatic carbocycles. The zero-order valence-corrected chi connectivity index (χ0v) is 20.1. The molecule has 2 heteroatoms. The van der Waals surface area contributed by atoms with Crippen molar-refractivity contribution in [2.75, 3.05) is 7.05 Å². The molecule has 1 nitrogen and oxygen atoms in total. The van der Waals surface area contributed by atoms with Gasteiger partial charge in [-0.05, 0) is 24.8 Å². The molecule has 2 aromatic carbocycles. The molecule has 2 unspecified atom stereocenters. The van der Waals surface area contributed by atoms with Crippen molar-refractivity contribution in [2.45, 2.75) is 33.6 Å². The second kappa shape index (κ2) is 14.7. The van der Waals surface area contributed by atoms with Gasteiger partial charge in [0, 0.05) is 45.5 Å². The van der Waals surface area contributed by atoms with E-state index >= 15 is 0 Å². The van der Waals surface area contributed by atoms with Crippen LogP contribution < -0.4 is 0 Å². The van der Waals surface area contributed by atoms with Crippen LogP contribution in [0.25, 0.3) is 0 Å². The van der Waals surface area contributed by atoms with Crippen molar-refractivity contribution in [3.8, 4) is 0 Å². The van der Waals surface area contributed by atoms with Crippen LogP contribution in [-0.4, -0.2) is 12.8 Å². The summed E-state index contributed by atoms with van der Waals surface area (Å²) in [5.41, 5.74) is 4.95. The van der Waals surface area contributed by atoms with Crippen molar-refractivity contribution in [1.29, 1.82) is 0 Å². The largest absolute Gasteiger partial charge is 0.501 e. The third-order valence-electron chi connectivity index (χ3n) is 4.45. The molecule has 0 saturated carbocycles. The van der Waals surface area contributed by atoms with Crippen LogP contribution in [0.4, 0.5) is 0 Å². The smallest absolute Gasteiger partial charge is 0.0422 e. The number of benzene rings is 2. The van der Waals surface area contributed by atoms with Crippen LogP contribution in [0.3, 0.4) is 0 Å². The Morgan fingerprint density at radius 2 is 1.52 bits per heavy atom. The van der Waals surface area contributed by atoms with E-state index in [-0.39, 0.29) is 32.7 Å². The summed E-state index contributed by atoms with van der Waals surface area (Å²) in [6.45, 7) is 14.0. The Kier molecular flexibility index (Phi) is 14.0. The molecule has 0 fully saturated rings. The molecular weight excluding hydrogens is 403 g/mol. The molecule has 0 N–H and O–H groups in total. The van der Waals surface area contributed by atoms with E-state index < -0.39 is 0 Å². The van der Waals surface area contributed by atoms with E-state index in [0.717, 1.165) is 18.6 Å². The van der Waals surface area contributed by atoms with E-state index in [1.165, 1.54) is 16.7 Å². The summed E-state index contributed by atoms with van der Waals surface area (Å²) in [6, 6.07) is 20.8. The van der Waals surface area contributed by atoms with E-state index in [0.29, 0.717) is 11.8 Å². The minimum Gasteiger partial charge on any atom is -0.501 e. The van der Waals surface area contributed by atoms with Gasteiger partial charge in [0.1, 0.15) is 0 Å². The first-order valence-corrected chi connectivity index (χ1v) is 9.20. The molecule has 2 atom stereocenters. The fraction of sp³-hybridized carbons (Fsp3) is 0.320. The van der Waals surface area contributed by atoms with Gasteiger partial charge in [-0.25, -0.2) is 0 Å². The Morgan fingerprint density at radius 1 is 1.00 bits per heavy atom. The third kappa shape index (κ3) is 10.6. The molecule has 27 heavy (non-hydrogen) atoms. The molecule has 2 rings (SSSR count). The maximum Gasteiger partial charge on any atom is 0.0422 e. The number of hydrogen-bond acceptors (Lipinski definition) is 1. The second-order valence-corrected chi connectivity index (χ2v) is 6.78. The van der Waals surface area contributed by atoms with Crippen LogP contribution >= 0.6 is 0 Å². The third-order valence-corrected chi connectivity index (χ3v) is 4.45. The van der Waals surface area contributed by atoms with Crippen LogP contribution in [0, 0.1) is 17.9 Å². The maximum absolute atomic E-state index is 4.36. The second-order valence-electron chi connectivity index (χ2n) is 6.78. The van der Waals surface area contributed by atoms with Gasteiger partial charge in [0.25, 0.3) is 0 Å². The zero-order valence-electron chi connectivity index (χ0n) is 17.3. The maximum atomic E-state index is 4.36. The molecule has 0 spiro atoms. The molecular formula is C25H32NY-. The fourth-order valence-corrected chi connectivity index (χ4v) is 2.47. The monoisotopic (exact) mass is 435 g/mol. The minimum atomic E-state index is 0. The van der Waals surface area contributed by atoms with Gasteiger partial charge < -0.3 is 6.08 Å². The quantitative estimate of drug-likeness (QED) is 0.265. The molecule has 0 amide bonds. The fourth-order valence-electron chi connectivity index (χ4n) is 2.47. The summed E-state index contributed by atoms with van der Waals surface area (Å²) >= 11 is 0. The summed E-state index contributed by atoms with van der Waals surface area (Å²) in [5.74, 6) is 0.946. The molecule has 0 aromatic heterocycles. The van der Waals surface area contributed by atoms with Gasteiger partial charge in [-0.15, -0.1) is 0 Å². The molecule has 2 aromatic rings. The minimum absolute atomic E-state index is 0. The predicted molar refractivity (Wildman–Crippen MR) is 116 cm³/mol. The average molecular weight is 435 g/mol. The van der Waals surface area contributed by atoms with Crippen molar-refractivity contribution in [3.05, 3.63) is 96.6 Å². The van der Waals surface area contributed by atoms with Gasteiger partial charge in [0.05, 0.1) is 0 Å². The number of hydrogen-bond donors (Lipinski definition) is 0. The Labute approximate surface area is 191 Å². The van der Waals surface area contributed by atoms with E-state index in [2.05, 4.69) is 81.4 Å². The standard InChI is InChI=1S/C14H19N.C11H13.Y/c1-11(2)12(3)10-14(15-4)13-8-6-5-7-9-13;1-3-10(2)9-11-7-5-4-6-8-11;/h5-9,12H,1,10H2,2-4H3;4-8,10H,1,9H2,2H3;/q;-1;. The first-order valence-electron chi connectivity index (χ1n) is 9.20. The first-order chi connectivity index (χ1) is 12.5. The van der Waals surface area contributed by atoms with Crippen LogP contribution in [0.1, 0.15) is 38.3 Å². The van der Waals surface area contributed by atoms with E-state index in [4.69, 9.17) is 0 Å². The summed E-state index contributed by atoms with van der Waals surface area (Å²) < 4.78 is 0. The molecule has 1 radical (unpaired) electrons. The van der Waals surface area contributed by atoms with E-state index in [9.17, 15) is 0 Å². The number of nitrogens with zero attached hydrogens (tertiary/aromatic N) is 1. The van der Waals surface area contributed by atoms with Crippen LogP contribution in [0.2, 0.25) is 0 Å². The van der Waals surface area contributed by atoms with Crippen molar-refractivity contribution in [3.63, 3.8) is 0 Å². The van der Waals surface area contributed by atoms with E-state index in [1.54, 1.807) is 0 Å². The van der Waals surface area contributed by atoms with Crippen LogP contribution in [0.5, 0.6) is 0 Å². The van der Waals surface area contributed by atoms with Crippen LogP contribution in [-0.2, 0) is 39.1 Å². The van der Waals surface area contributed by atoms with Crippen molar-refractivity contribution < 1.29 is 32.7 Å². The molecule has 0 aliphatic heterocycles. The van der Waals surface area contributed by atoms with Gasteiger partial charge in [-0.1, -0.05) is 98.6 Å². The SMILES string of the molecule is C=C(C)C(C)CC(=NC)c1ccccc1.C=[C-]C(C)Cc1ccccc1.[Y].